The predicted octanol–water partition coefficient (Wildman–Crippen LogP) is 1.07. The molecule has 0 aliphatic rings. The Balaban J connectivity index is 2.93. The van der Waals surface area contributed by atoms with Gasteiger partial charge in [0.2, 0.25) is 0 Å². The van der Waals surface area contributed by atoms with Crippen molar-refractivity contribution in [2.75, 3.05) is 0 Å². The summed E-state index contributed by atoms with van der Waals surface area (Å²) in [5, 5.41) is 13.4. The molecule has 0 aliphatic carbocycles. The van der Waals surface area contributed by atoms with Gasteiger partial charge in [-0.2, -0.15) is 0 Å². The third kappa shape index (κ3) is 0.572. The van der Waals surface area contributed by atoms with Crippen LogP contribution in [0, 0.1) is 6.20 Å². The molecule has 0 saturated heterocycles. The highest BCUT2D eigenvalue weighted by Crippen LogP contribution is 2.09. The molecular weight excluding hydrogens is 128 g/mol. The van der Waals surface area contributed by atoms with Crippen molar-refractivity contribution in [2.45, 2.75) is 0 Å². The van der Waals surface area contributed by atoms with E-state index in [-0.39, 0.29) is 0 Å². The first-order valence-corrected chi connectivity index (χ1v) is 2.92. The molecular formula is C7H5N2O. The van der Waals surface area contributed by atoms with E-state index in [1.54, 1.807) is 6.07 Å². The predicted molar refractivity (Wildman–Crippen MR) is 35.8 cm³/mol. The summed E-state index contributed by atoms with van der Waals surface area (Å²) < 4.78 is 0. The molecule has 3 nitrogen and oxygen atoms in total. The van der Waals surface area contributed by atoms with E-state index in [0.29, 0.717) is 5.52 Å². The van der Waals surface area contributed by atoms with Crippen LogP contribution in [0.15, 0.2) is 24.3 Å². The van der Waals surface area contributed by atoms with Gasteiger partial charge in [0.05, 0.1) is 0 Å². The van der Waals surface area contributed by atoms with Gasteiger partial charge in [0.15, 0.2) is 0 Å². The lowest BCUT2D eigenvalue weighted by atomic mass is 10.3. The van der Waals surface area contributed by atoms with Crippen molar-refractivity contribution in [2.24, 2.45) is 0 Å². The molecule has 0 unspecified atom stereocenters. The van der Waals surface area contributed by atoms with Crippen molar-refractivity contribution in [3.8, 4) is 0 Å². The van der Waals surface area contributed by atoms with Gasteiger partial charge < -0.3 is 5.21 Å². The van der Waals surface area contributed by atoms with Gasteiger partial charge in [-0.05, 0) is 6.07 Å². The van der Waals surface area contributed by atoms with Crippen molar-refractivity contribution in [3.63, 3.8) is 0 Å². The van der Waals surface area contributed by atoms with E-state index >= 15 is 0 Å². The Labute approximate surface area is 57.5 Å². The molecule has 0 amide bonds. The fourth-order valence-electron chi connectivity index (χ4n) is 0.898. The van der Waals surface area contributed by atoms with Crippen LogP contribution in [0.25, 0.3) is 10.9 Å². The number of nitrogens with zero attached hydrogens (tertiary/aromatic N) is 2. The lowest BCUT2D eigenvalue weighted by Gasteiger charge is -1.88. The van der Waals surface area contributed by atoms with E-state index in [1.165, 1.54) is 0 Å². The first-order valence-electron chi connectivity index (χ1n) is 2.92. The smallest absolute Gasteiger partial charge is 0.125 e. The quantitative estimate of drug-likeness (QED) is 0.546. The second kappa shape index (κ2) is 1.73. The minimum Gasteiger partial charge on any atom is -0.411 e. The molecule has 0 saturated carbocycles. The van der Waals surface area contributed by atoms with Crippen molar-refractivity contribution >= 4 is 10.9 Å². The highest BCUT2D eigenvalue weighted by molar-refractivity contribution is 5.77. The lowest BCUT2D eigenvalue weighted by Crippen LogP contribution is -1.89. The molecule has 1 heterocycles. The molecule has 0 atom stereocenters. The van der Waals surface area contributed by atoms with Gasteiger partial charge in [-0.25, -0.2) is 0 Å². The second-order valence-corrected chi connectivity index (χ2v) is 2.02. The Morgan fingerprint density at radius 1 is 1.40 bits per heavy atom. The van der Waals surface area contributed by atoms with Crippen LogP contribution in [-0.2, 0) is 0 Å². The summed E-state index contributed by atoms with van der Waals surface area (Å²) >= 11 is 0. The molecule has 3 heteroatoms. The molecule has 1 aromatic carbocycles. The summed E-state index contributed by atoms with van der Waals surface area (Å²) in [5.41, 5.74) is 0.683. The average molecular weight is 133 g/mol. The maximum Gasteiger partial charge on any atom is 0.125 e. The van der Waals surface area contributed by atoms with Crippen LogP contribution in [0.4, 0.5) is 0 Å². The Hall–Kier alpha value is -1.51. The number of hydrogen-bond donors (Lipinski definition) is 1. The minimum atomic E-state index is 0.683. The Morgan fingerprint density at radius 2 is 2.20 bits per heavy atom. The molecule has 10 heavy (non-hydrogen) atoms. The molecule has 0 spiro atoms. The Bertz CT molecular complexity index is 353. The van der Waals surface area contributed by atoms with Crippen molar-refractivity contribution in [1.29, 1.82) is 0 Å². The Kier molecular flexibility index (Phi) is 0.917. The molecule has 2 aromatic rings. The van der Waals surface area contributed by atoms with E-state index < -0.39 is 0 Å². The molecule has 1 aromatic heterocycles. The van der Waals surface area contributed by atoms with Crippen molar-refractivity contribution in [3.05, 3.63) is 30.5 Å². The molecule has 1 N–H and O–H groups in total. The molecule has 2 rings (SSSR count). The zero-order valence-corrected chi connectivity index (χ0v) is 5.15. The number of para-hydroxylation sites is 1. The molecule has 0 aliphatic heterocycles. The summed E-state index contributed by atoms with van der Waals surface area (Å²) in [6.45, 7) is 0. The molecule has 1 radical (unpaired) electrons. The van der Waals surface area contributed by atoms with Crippen LogP contribution >= 0.6 is 0 Å². The fourth-order valence-corrected chi connectivity index (χ4v) is 0.898. The summed E-state index contributed by atoms with van der Waals surface area (Å²) in [7, 11) is 0. The number of fused-ring (bicyclic) bond motifs is 1. The summed E-state index contributed by atoms with van der Waals surface area (Å²) in [6, 6.07) is 7.33. The Morgan fingerprint density at radius 3 is 3.00 bits per heavy atom. The third-order valence-corrected chi connectivity index (χ3v) is 1.38. The number of hydrogen-bond acceptors (Lipinski definition) is 2. The highest BCUT2D eigenvalue weighted by Gasteiger charge is 1.97. The number of aromatic nitrogens is 2. The monoisotopic (exact) mass is 133 g/mol. The van der Waals surface area contributed by atoms with E-state index in [1.807, 2.05) is 18.2 Å². The maximum absolute atomic E-state index is 8.99. The van der Waals surface area contributed by atoms with Gasteiger partial charge in [-0.15, -0.1) is 9.94 Å². The van der Waals surface area contributed by atoms with Gasteiger partial charge in [-0.3, -0.25) is 0 Å². The van der Waals surface area contributed by atoms with Gasteiger partial charge >= 0.3 is 0 Å². The first-order chi connectivity index (χ1) is 4.88. The zero-order valence-electron chi connectivity index (χ0n) is 5.15. The summed E-state index contributed by atoms with van der Waals surface area (Å²) in [5.74, 6) is 0. The lowest BCUT2D eigenvalue weighted by molar-refractivity contribution is 0.161. The zero-order chi connectivity index (χ0) is 6.97. The fraction of sp³-hybridized carbons (Fsp3) is 0. The first kappa shape index (κ1) is 5.29. The van der Waals surface area contributed by atoms with Crippen LogP contribution in [0.5, 0.6) is 0 Å². The standard InChI is InChI=1S/C7H5N2O/c10-9-7-4-2-1-3-6(7)5-8-9/h1-4,10H. The highest BCUT2D eigenvalue weighted by atomic mass is 16.5. The van der Waals surface area contributed by atoms with Gasteiger partial charge in [0.25, 0.3) is 0 Å². The van der Waals surface area contributed by atoms with E-state index in [2.05, 4.69) is 11.3 Å². The van der Waals surface area contributed by atoms with E-state index in [9.17, 15) is 0 Å². The van der Waals surface area contributed by atoms with E-state index in [0.717, 1.165) is 10.2 Å². The average Bonchev–Trinajstić information content (AvgIpc) is 2.34. The maximum atomic E-state index is 8.99. The second-order valence-electron chi connectivity index (χ2n) is 2.02. The molecule has 49 valence electrons. The third-order valence-electron chi connectivity index (χ3n) is 1.38. The topological polar surface area (TPSA) is 38.0 Å². The van der Waals surface area contributed by atoms with Crippen molar-refractivity contribution in [1.82, 2.24) is 9.94 Å². The molecule has 0 fully saturated rings. The van der Waals surface area contributed by atoms with Gasteiger partial charge in [0.1, 0.15) is 11.7 Å². The number of benzene rings is 1. The SMILES string of the molecule is On1n[c]c2ccccc21. The number of rotatable bonds is 0. The minimum absolute atomic E-state index is 0.683. The molecule has 0 bridgehead atoms. The van der Waals surface area contributed by atoms with Crippen molar-refractivity contribution < 1.29 is 5.21 Å². The normalized spacial score (nSPS) is 10.4. The largest absolute Gasteiger partial charge is 0.411 e. The summed E-state index contributed by atoms with van der Waals surface area (Å²) in [4.78, 5) is 0.815. The van der Waals surface area contributed by atoms with Crippen LogP contribution < -0.4 is 0 Å². The van der Waals surface area contributed by atoms with Gasteiger partial charge in [0, 0.05) is 5.39 Å². The van der Waals surface area contributed by atoms with Gasteiger partial charge in [-0.1, -0.05) is 18.2 Å². The summed E-state index contributed by atoms with van der Waals surface area (Å²) in [6.07, 6.45) is 2.65. The van der Waals surface area contributed by atoms with Crippen LogP contribution in [-0.4, -0.2) is 15.2 Å². The van der Waals surface area contributed by atoms with Crippen LogP contribution in [0.1, 0.15) is 0 Å². The van der Waals surface area contributed by atoms with Crippen LogP contribution in [0.2, 0.25) is 0 Å². The van der Waals surface area contributed by atoms with E-state index in [4.69, 9.17) is 5.21 Å². The van der Waals surface area contributed by atoms with Crippen LogP contribution in [0.3, 0.4) is 0 Å².